The Kier molecular flexibility index (Phi) is 6.20. The largest absolute Gasteiger partial charge is 0.301 e. The highest BCUT2D eigenvalue weighted by Gasteiger charge is 2.15. The zero-order chi connectivity index (χ0) is 15.1. The number of thioether (sulfide) groups is 1. The van der Waals surface area contributed by atoms with Crippen molar-refractivity contribution in [3.05, 3.63) is 29.9 Å². The molecule has 0 saturated heterocycles. The minimum atomic E-state index is -0.0534. The number of anilines is 1. The molecule has 0 spiro atoms. The lowest BCUT2D eigenvalue weighted by atomic mass is 10.2. The molecule has 0 aliphatic rings. The number of carbonyl (C=O) groups is 1. The van der Waals surface area contributed by atoms with Crippen LogP contribution in [0.1, 0.15) is 26.7 Å². The number of nitrogens with one attached hydrogen (secondary N) is 1. The van der Waals surface area contributed by atoms with Crippen molar-refractivity contribution in [3.63, 3.8) is 0 Å². The molecule has 1 N–H and O–H groups in total. The van der Waals surface area contributed by atoms with Crippen molar-refractivity contribution >= 4 is 34.1 Å². The number of hydrogen-bond donors (Lipinski definition) is 1. The van der Waals surface area contributed by atoms with Crippen molar-refractivity contribution in [1.29, 1.82) is 0 Å². The van der Waals surface area contributed by atoms with Crippen LogP contribution in [0, 0.1) is 0 Å². The summed E-state index contributed by atoms with van der Waals surface area (Å²) in [5.41, 5.74) is 1.80. The zero-order valence-corrected chi connectivity index (χ0v) is 13.8. The quantitative estimate of drug-likeness (QED) is 0.781. The molecule has 2 aromatic rings. The van der Waals surface area contributed by atoms with Crippen LogP contribution in [0.5, 0.6) is 0 Å². The van der Waals surface area contributed by atoms with Crippen LogP contribution in [-0.2, 0) is 4.79 Å². The van der Waals surface area contributed by atoms with E-state index in [1.54, 1.807) is 24.2 Å². The average molecular weight is 321 g/mol. The maximum absolute atomic E-state index is 12.1. The summed E-state index contributed by atoms with van der Waals surface area (Å²) in [5, 5.41) is 5.41. The summed E-state index contributed by atoms with van der Waals surface area (Å²) in [5.74, 6) is 1.03. The Balaban J connectivity index is 1.92. The van der Waals surface area contributed by atoms with Gasteiger partial charge in [0.2, 0.25) is 5.91 Å². The lowest BCUT2D eigenvalue weighted by Crippen LogP contribution is -2.22. The Hall–Kier alpha value is -1.40. The first-order chi connectivity index (χ1) is 10.2. The number of nitrogens with zero attached hydrogens (tertiary/aromatic N) is 2. The molecular formula is C15H19N3OS2. The van der Waals surface area contributed by atoms with Gasteiger partial charge in [0.25, 0.3) is 0 Å². The molecule has 0 fully saturated rings. The van der Waals surface area contributed by atoms with Gasteiger partial charge in [-0.3, -0.25) is 9.78 Å². The first-order valence-corrected chi connectivity index (χ1v) is 8.92. The van der Waals surface area contributed by atoms with E-state index in [1.807, 2.05) is 24.4 Å². The highest BCUT2D eigenvalue weighted by molar-refractivity contribution is 8.00. The topological polar surface area (TPSA) is 54.9 Å². The molecule has 1 atom stereocenters. The van der Waals surface area contributed by atoms with Crippen LogP contribution < -0.4 is 5.32 Å². The zero-order valence-electron chi connectivity index (χ0n) is 12.2. The van der Waals surface area contributed by atoms with Gasteiger partial charge in [0.05, 0.1) is 10.9 Å². The molecule has 1 amide bonds. The first kappa shape index (κ1) is 16.0. The van der Waals surface area contributed by atoms with Crippen LogP contribution in [0.3, 0.4) is 0 Å². The number of pyridine rings is 1. The van der Waals surface area contributed by atoms with E-state index in [0.29, 0.717) is 5.13 Å². The number of aromatic nitrogens is 2. The number of rotatable bonds is 7. The molecule has 0 bridgehead atoms. The number of carbonyl (C=O) groups excluding carboxylic acids is 1. The van der Waals surface area contributed by atoms with Crippen molar-refractivity contribution < 1.29 is 4.79 Å². The Morgan fingerprint density at radius 1 is 1.52 bits per heavy atom. The molecule has 0 aromatic carbocycles. The highest BCUT2D eigenvalue weighted by atomic mass is 32.2. The summed E-state index contributed by atoms with van der Waals surface area (Å²) in [6.07, 6.45) is 5.80. The van der Waals surface area contributed by atoms with Gasteiger partial charge in [0.15, 0.2) is 5.13 Å². The van der Waals surface area contributed by atoms with Crippen LogP contribution in [0.2, 0.25) is 0 Å². The summed E-state index contributed by atoms with van der Waals surface area (Å²) in [6, 6.07) is 3.83. The monoisotopic (exact) mass is 321 g/mol. The molecule has 2 aromatic heterocycles. The minimum absolute atomic E-state index is 0.0168. The molecule has 0 aliphatic carbocycles. The standard InChI is InChI=1S/C15H19N3OS2/c1-3-4-8-20-11(2)14(19)18-15-17-13(10-21-15)12-6-5-7-16-9-12/h5-7,9-11H,3-4,8H2,1-2H3,(H,17,18,19). The molecule has 0 aliphatic heterocycles. The van der Waals surface area contributed by atoms with E-state index in [2.05, 4.69) is 22.2 Å². The fourth-order valence-corrected chi connectivity index (χ4v) is 3.41. The molecule has 112 valence electrons. The van der Waals surface area contributed by atoms with Gasteiger partial charge < -0.3 is 5.32 Å². The highest BCUT2D eigenvalue weighted by Crippen LogP contribution is 2.25. The van der Waals surface area contributed by atoms with Crippen LogP contribution in [-0.4, -0.2) is 26.9 Å². The number of hydrogen-bond acceptors (Lipinski definition) is 5. The van der Waals surface area contributed by atoms with Crippen LogP contribution in [0.25, 0.3) is 11.3 Å². The number of amides is 1. The Bertz CT molecular complexity index is 571. The molecule has 0 saturated carbocycles. The van der Waals surface area contributed by atoms with Gasteiger partial charge in [-0.2, -0.15) is 0 Å². The Morgan fingerprint density at radius 2 is 2.38 bits per heavy atom. The van der Waals surface area contributed by atoms with Crippen LogP contribution >= 0.6 is 23.1 Å². The maximum atomic E-state index is 12.1. The number of unbranched alkanes of at least 4 members (excludes halogenated alkanes) is 1. The van der Waals surface area contributed by atoms with Gasteiger partial charge in [-0.25, -0.2) is 4.98 Å². The third-order valence-electron chi connectivity index (χ3n) is 2.93. The van der Waals surface area contributed by atoms with Gasteiger partial charge in [0.1, 0.15) is 0 Å². The Labute approximate surface area is 133 Å². The summed E-state index contributed by atoms with van der Waals surface area (Å²) < 4.78 is 0. The molecule has 6 heteroatoms. The van der Waals surface area contributed by atoms with Crippen molar-refractivity contribution in [3.8, 4) is 11.3 Å². The SMILES string of the molecule is CCCCSC(C)C(=O)Nc1nc(-c2cccnc2)cs1. The van der Waals surface area contributed by atoms with Gasteiger partial charge >= 0.3 is 0 Å². The van der Waals surface area contributed by atoms with E-state index in [-0.39, 0.29) is 11.2 Å². The Morgan fingerprint density at radius 3 is 3.10 bits per heavy atom. The van der Waals surface area contributed by atoms with E-state index in [0.717, 1.165) is 29.9 Å². The van der Waals surface area contributed by atoms with E-state index < -0.39 is 0 Å². The van der Waals surface area contributed by atoms with Crippen LogP contribution in [0.15, 0.2) is 29.9 Å². The van der Waals surface area contributed by atoms with E-state index in [1.165, 1.54) is 11.3 Å². The molecule has 2 rings (SSSR count). The minimum Gasteiger partial charge on any atom is -0.301 e. The fraction of sp³-hybridized carbons (Fsp3) is 0.400. The van der Waals surface area contributed by atoms with Crippen molar-refractivity contribution in [2.75, 3.05) is 11.1 Å². The number of thiazole rings is 1. The molecule has 2 heterocycles. The van der Waals surface area contributed by atoms with Crippen LogP contribution in [0.4, 0.5) is 5.13 Å². The second-order valence-corrected chi connectivity index (χ2v) is 6.94. The van der Waals surface area contributed by atoms with E-state index in [4.69, 9.17) is 0 Å². The summed E-state index contributed by atoms with van der Waals surface area (Å²) in [6.45, 7) is 4.09. The predicted octanol–water partition coefficient (Wildman–Crippen LogP) is 4.07. The summed E-state index contributed by atoms with van der Waals surface area (Å²) in [4.78, 5) is 20.6. The van der Waals surface area contributed by atoms with E-state index in [9.17, 15) is 4.79 Å². The van der Waals surface area contributed by atoms with Gasteiger partial charge in [-0.1, -0.05) is 13.3 Å². The molecule has 1 unspecified atom stereocenters. The van der Waals surface area contributed by atoms with E-state index >= 15 is 0 Å². The maximum Gasteiger partial charge on any atom is 0.238 e. The second-order valence-electron chi connectivity index (χ2n) is 4.64. The summed E-state index contributed by atoms with van der Waals surface area (Å²) >= 11 is 3.12. The predicted molar refractivity (Wildman–Crippen MR) is 90.8 cm³/mol. The smallest absolute Gasteiger partial charge is 0.238 e. The molecule has 21 heavy (non-hydrogen) atoms. The second kappa shape index (κ2) is 8.14. The normalized spacial score (nSPS) is 12.1. The van der Waals surface area contributed by atoms with Gasteiger partial charge in [0, 0.05) is 23.3 Å². The molecule has 4 nitrogen and oxygen atoms in total. The van der Waals surface area contributed by atoms with Gasteiger partial charge in [-0.05, 0) is 31.2 Å². The van der Waals surface area contributed by atoms with Crippen molar-refractivity contribution in [1.82, 2.24) is 9.97 Å². The summed E-state index contributed by atoms with van der Waals surface area (Å²) in [7, 11) is 0. The van der Waals surface area contributed by atoms with Gasteiger partial charge in [-0.15, -0.1) is 23.1 Å². The molecular weight excluding hydrogens is 302 g/mol. The fourth-order valence-electron chi connectivity index (χ4n) is 1.67. The lowest BCUT2D eigenvalue weighted by Gasteiger charge is -2.09. The third-order valence-corrected chi connectivity index (χ3v) is 4.92. The van der Waals surface area contributed by atoms with Crippen molar-refractivity contribution in [2.45, 2.75) is 31.9 Å². The van der Waals surface area contributed by atoms with Crippen molar-refractivity contribution in [2.24, 2.45) is 0 Å². The molecule has 0 radical (unpaired) electrons. The third kappa shape index (κ3) is 4.82. The lowest BCUT2D eigenvalue weighted by molar-refractivity contribution is -0.115. The average Bonchev–Trinajstić information content (AvgIpc) is 2.97. The first-order valence-electron chi connectivity index (χ1n) is 6.99.